The summed E-state index contributed by atoms with van der Waals surface area (Å²) in [6, 6.07) is 5.04. The summed E-state index contributed by atoms with van der Waals surface area (Å²) in [7, 11) is -3.83. The number of benzene rings is 2. The summed E-state index contributed by atoms with van der Waals surface area (Å²) >= 11 is 0. The molecule has 3 N–H and O–H groups in total. The highest BCUT2D eigenvalue weighted by Crippen LogP contribution is 2.50. The van der Waals surface area contributed by atoms with Crippen molar-refractivity contribution >= 4 is 27.5 Å². The molecular formula is C24H23F6N3O5S. The summed E-state index contributed by atoms with van der Waals surface area (Å²) in [6.45, 7) is 1.38. The average molecular weight is 580 g/mol. The third-order valence-electron chi connectivity index (χ3n) is 6.67. The van der Waals surface area contributed by atoms with E-state index >= 15 is 0 Å². The van der Waals surface area contributed by atoms with E-state index in [1.165, 1.54) is 25.1 Å². The Morgan fingerprint density at radius 2 is 1.59 bits per heavy atom. The predicted octanol–water partition coefficient (Wildman–Crippen LogP) is 3.73. The number of amides is 2. The fourth-order valence-electron chi connectivity index (χ4n) is 4.30. The molecule has 0 spiro atoms. The van der Waals surface area contributed by atoms with E-state index in [2.05, 4.69) is 10.0 Å². The van der Waals surface area contributed by atoms with E-state index in [1.54, 1.807) is 0 Å². The maximum absolute atomic E-state index is 13.1. The predicted molar refractivity (Wildman–Crippen MR) is 124 cm³/mol. The highest BCUT2D eigenvalue weighted by atomic mass is 32.2. The number of fused-ring (bicyclic) bond motifs is 1. The lowest BCUT2D eigenvalue weighted by molar-refractivity contribution is -0.376. The molecule has 1 atom stereocenters. The molecular weight excluding hydrogens is 556 g/mol. The van der Waals surface area contributed by atoms with Crippen LogP contribution in [0.2, 0.25) is 0 Å². The van der Waals surface area contributed by atoms with Gasteiger partial charge in [0.2, 0.25) is 15.9 Å². The maximum Gasteiger partial charge on any atom is 0.430 e. The maximum atomic E-state index is 13.1. The molecule has 0 bridgehead atoms. The van der Waals surface area contributed by atoms with Crippen LogP contribution in [0.1, 0.15) is 42.5 Å². The Balaban J connectivity index is 1.57. The topological polar surface area (TPSA) is 116 Å². The van der Waals surface area contributed by atoms with E-state index in [0.717, 1.165) is 29.9 Å². The number of anilines is 1. The molecule has 4 rings (SSSR count). The first-order chi connectivity index (χ1) is 18.0. The van der Waals surface area contributed by atoms with Gasteiger partial charge in [-0.3, -0.25) is 9.59 Å². The molecule has 212 valence electrons. The Kier molecular flexibility index (Phi) is 7.23. The van der Waals surface area contributed by atoms with E-state index < -0.39 is 51.4 Å². The van der Waals surface area contributed by atoms with Gasteiger partial charge >= 0.3 is 12.4 Å². The van der Waals surface area contributed by atoms with Crippen molar-refractivity contribution in [2.75, 3.05) is 11.9 Å². The van der Waals surface area contributed by atoms with Crippen LogP contribution in [0.4, 0.5) is 32.0 Å². The number of sulfonamides is 1. The SMILES string of the molecule is CC(=O)N1Cc2cc(S(=O)(=O)NCC3CC3)ccc2C1C(=O)Nc1ccc(C(O)(C(F)(F)F)C(F)(F)F)cc1. The second kappa shape index (κ2) is 9.78. The standard InChI is InChI=1S/C24H23F6N3O5S/c1-13(34)33-12-15-10-18(39(37,38)31-11-14-2-3-14)8-9-19(15)20(33)21(35)32-17-6-4-16(5-7-17)22(36,23(25,26)27)24(28,29)30/h4-10,14,20,31,36H,2-3,11-12H2,1H3,(H,32,35). The van der Waals surface area contributed by atoms with Gasteiger partial charge in [-0.05, 0) is 54.2 Å². The number of aliphatic hydroxyl groups is 1. The molecule has 2 aliphatic rings. The number of hydrogen-bond donors (Lipinski definition) is 3. The number of rotatable bonds is 7. The largest absolute Gasteiger partial charge is 0.430 e. The lowest BCUT2D eigenvalue weighted by Gasteiger charge is -2.32. The number of hydrogen-bond acceptors (Lipinski definition) is 5. The van der Waals surface area contributed by atoms with Gasteiger partial charge in [-0.1, -0.05) is 18.2 Å². The van der Waals surface area contributed by atoms with Gasteiger partial charge in [0, 0.05) is 31.3 Å². The number of carbonyl (C=O) groups excluding carboxylic acids is 2. The monoisotopic (exact) mass is 579 g/mol. The van der Waals surface area contributed by atoms with Gasteiger partial charge in [-0.25, -0.2) is 13.1 Å². The number of nitrogens with zero attached hydrogens (tertiary/aromatic N) is 1. The van der Waals surface area contributed by atoms with Crippen LogP contribution >= 0.6 is 0 Å². The van der Waals surface area contributed by atoms with E-state index in [0.29, 0.717) is 35.7 Å². The summed E-state index contributed by atoms with van der Waals surface area (Å²) < 4.78 is 107. The van der Waals surface area contributed by atoms with Gasteiger partial charge in [-0.2, -0.15) is 26.3 Å². The van der Waals surface area contributed by atoms with Crippen molar-refractivity contribution < 1.29 is 49.5 Å². The van der Waals surface area contributed by atoms with E-state index in [-0.39, 0.29) is 17.1 Å². The highest BCUT2D eigenvalue weighted by molar-refractivity contribution is 7.89. The van der Waals surface area contributed by atoms with Gasteiger partial charge < -0.3 is 15.3 Å². The summed E-state index contributed by atoms with van der Waals surface area (Å²) in [6.07, 6.45) is -10.3. The zero-order valence-electron chi connectivity index (χ0n) is 20.2. The van der Waals surface area contributed by atoms with Crippen LogP contribution in [0.5, 0.6) is 0 Å². The molecule has 1 aliphatic heterocycles. The van der Waals surface area contributed by atoms with Crippen LogP contribution in [0.25, 0.3) is 0 Å². The Labute approximate surface area is 219 Å². The minimum absolute atomic E-state index is 0.0520. The van der Waals surface area contributed by atoms with Crippen LogP contribution in [0.15, 0.2) is 47.4 Å². The molecule has 0 aromatic heterocycles. The van der Waals surface area contributed by atoms with Gasteiger partial charge in [0.15, 0.2) is 0 Å². The molecule has 2 aromatic carbocycles. The molecule has 1 fully saturated rings. The van der Waals surface area contributed by atoms with E-state index in [9.17, 15) is 49.5 Å². The molecule has 1 aliphatic carbocycles. The highest BCUT2D eigenvalue weighted by Gasteiger charge is 2.71. The lowest BCUT2D eigenvalue weighted by Crippen LogP contribution is -2.53. The van der Waals surface area contributed by atoms with Crippen molar-refractivity contribution in [2.45, 2.75) is 55.2 Å². The minimum atomic E-state index is -6.06. The van der Waals surface area contributed by atoms with E-state index in [1.807, 2.05) is 0 Å². The third kappa shape index (κ3) is 5.47. The van der Waals surface area contributed by atoms with Crippen molar-refractivity contribution in [1.82, 2.24) is 9.62 Å². The van der Waals surface area contributed by atoms with Gasteiger partial charge in [-0.15, -0.1) is 0 Å². The molecule has 1 saturated carbocycles. The molecule has 39 heavy (non-hydrogen) atoms. The molecule has 1 heterocycles. The Bertz CT molecular complexity index is 1370. The number of carbonyl (C=O) groups is 2. The molecule has 2 aromatic rings. The van der Waals surface area contributed by atoms with Crippen LogP contribution in [-0.2, 0) is 31.8 Å². The quantitative estimate of drug-likeness (QED) is 0.433. The number of halogens is 6. The van der Waals surface area contributed by atoms with Crippen molar-refractivity contribution in [3.05, 3.63) is 59.2 Å². The van der Waals surface area contributed by atoms with Crippen molar-refractivity contribution in [1.29, 1.82) is 0 Å². The second-order valence-electron chi connectivity index (χ2n) is 9.48. The third-order valence-corrected chi connectivity index (χ3v) is 8.10. The summed E-state index contributed by atoms with van der Waals surface area (Å²) in [5, 5.41) is 11.9. The zero-order chi connectivity index (χ0) is 29.0. The zero-order valence-corrected chi connectivity index (χ0v) is 21.0. The lowest BCUT2D eigenvalue weighted by atomic mass is 9.92. The number of nitrogens with one attached hydrogen (secondary N) is 2. The first-order valence-electron chi connectivity index (χ1n) is 11.6. The van der Waals surface area contributed by atoms with Crippen LogP contribution < -0.4 is 10.0 Å². The molecule has 1 unspecified atom stereocenters. The summed E-state index contributed by atoms with van der Waals surface area (Å²) in [5.41, 5.74) is -6.12. The van der Waals surface area contributed by atoms with Crippen LogP contribution in [0.3, 0.4) is 0 Å². The van der Waals surface area contributed by atoms with Gasteiger partial charge in [0.1, 0.15) is 6.04 Å². The molecule has 8 nitrogen and oxygen atoms in total. The smallest absolute Gasteiger partial charge is 0.369 e. The van der Waals surface area contributed by atoms with Crippen molar-refractivity contribution in [3.63, 3.8) is 0 Å². The molecule has 0 radical (unpaired) electrons. The second-order valence-corrected chi connectivity index (χ2v) is 11.2. The Hall–Kier alpha value is -3.17. The minimum Gasteiger partial charge on any atom is -0.369 e. The van der Waals surface area contributed by atoms with Crippen LogP contribution in [-0.4, -0.2) is 49.1 Å². The van der Waals surface area contributed by atoms with Gasteiger partial charge in [0.05, 0.1) is 4.90 Å². The first kappa shape index (κ1) is 28.8. The van der Waals surface area contributed by atoms with Crippen molar-refractivity contribution in [3.8, 4) is 0 Å². The fourth-order valence-corrected chi connectivity index (χ4v) is 5.46. The summed E-state index contributed by atoms with van der Waals surface area (Å²) in [5.74, 6) is -1.07. The fraction of sp³-hybridized carbons (Fsp3) is 0.417. The average Bonchev–Trinajstić information content (AvgIpc) is 3.58. The first-order valence-corrected chi connectivity index (χ1v) is 13.1. The molecule has 15 heteroatoms. The van der Waals surface area contributed by atoms with E-state index in [4.69, 9.17) is 0 Å². The summed E-state index contributed by atoms with van der Waals surface area (Å²) in [4.78, 5) is 26.5. The van der Waals surface area contributed by atoms with Crippen molar-refractivity contribution in [2.24, 2.45) is 5.92 Å². The van der Waals surface area contributed by atoms with Crippen LogP contribution in [0, 0.1) is 5.92 Å². The Morgan fingerprint density at radius 1 is 1.00 bits per heavy atom. The Morgan fingerprint density at radius 3 is 2.10 bits per heavy atom. The number of alkyl halides is 6. The van der Waals surface area contributed by atoms with Gasteiger partial charge in [0.25, 0.3) is 11.5 Å². The normalized spacial score (nSPS) is 18.2. The molecule has 0 saturated heterocycles. The molecule has 2 amide bonds.